The molecule has 2 fully saturated rings. The molecule has 0 saturated heterocycles. The Bertz CT molecular complexity index is 593. The van der Waals surface area contributed by atoms with Crippen LogP contribution >= 0.6 is 0 Å². The first-order valence-corrected chi connectivity index (χ1v) is 10.2. The van der Waals surface area contributed by atoms with Gasteiger partial charge in [0.2, 0.25) is 0 Å². The Morgan fingerprint density at radius 1 is 1.04 bits per heavy atom. The molecule has 26 heavy (non-hydrogen) atoms. The zero-order valence-corrected chi connectivity index (χ0v) is 15.6. The predicted molar refractivity (Wildman–Crippen MR) is 102 cm³/mol. The Balaban J connectivity index is 1.48. The molecule has 0 heterocycles. The molecule has 0 aliphatic heterocycles. The molecular weight excluding hydrogens is 327 g/mol. The topological polar surface area (TPSA) is 37.3 Å². The highest BCUT2D eigenvalue weighted by Crippen LogP contribution is 2.45. The van der Waals surface area contributed by atoms with Gasteiger partial charge in [-0.25, -0.2) is 4.39 Å². The van der Waals surface area contributed by atoms with Crippen LogP contribution in [0.2, 0.25) is 0 Å². The van der Waals surface area contributed by atoms with E-state index < -0.39 is 5.97 Å². The Labute approximate surface area is 156 Å². The molecule has 0 amide bonds. The lowest BCUT2D eigenvalue weighted by Crippen LogP contribution is -2.30. The molecule has 3 heteroatoms. The van der Waals surface area contributed by atoms with E-state index in [0.717, 1.165) is 24.7 Å². The monoisotopic (exact) mass is 358 g/mol. The number of hydrogen-bond donors (Lipinski definition) is 1. The summed E-state index contributed by atoms with van der Waals surface area (Å²) < 4.78 is 13.1. The van der Waals surface area contributed by atoms with E-state index >= 15 is 0 Å². The van der Waals surface area contributed by atoms with E-state index in [0.29, 0.717) is 18.3 Å². The van der Waals surface area contributed by atoms with Gasteiger partial charge in [-0.1, -0.05) is 18.2 Å². The van der Waals surface area contributed by atoms with E-state index in [1.807, 2.05) is 12.1 Å². The van der Waals surface area contributed by atoms with E-state index in [-0.39, 0.29) is 11.7 Å². The molecule has 142 valence electrons. The molecule has 0 aromatic heterocycles. The van der Waals surface area contributed by atoms with Crippen LogP contribution in [0.3, 0.4) is 0 Å². The summed E-state index contributed by atoms with van der Waals surface area (Å²) in [5.74, 6) is 1.38. The van der Waals surface area contributed by atoms with Crippen molar-refractivity contribution in [3.8, 4) is 0 Å². The summed E-state index contributed by atoms with van der Waals surface area (Å²) in [4.78, 5) is 11.5. The molecule has 3 rings (SSSR count). The van der Waals surface area contributed by atoms with E-state index in [1.165, 1.54) is 44.1 Å². The van der Waals surface area contributed by atoms with Gasteiger partial charge >= 0.3 is 5.97 Å². The number of benzene rings is 1. The summed E-state index contributed by atoms with van der Waals surface area (Å²) in [6, 6.07) is 7.03. The van der Waals surface area contributed by atoms with Crippen LogP contribution in [-0.2, 0) is 4.79 Å². The first-order chi connectivity index (χ1) is 12.6. The number of rotatable bonds is 6. The third-order valence-corrected chi connectivity index (χ3v) is 6.90. The Morgan fingerprint density at radius 2 is 1.58 bits per heavy atom. The molecule has 0 spiro atoms. The first-order valence-electron chi connectivity index (χ1n) is 10.2. The van der Waals surface area contributed by atoms with Crippen molar-refractivity contribution in [1.29, 1.82) is 0 Å². The predicted octanol–water partition coefficient (Wildman–Crippen LogP) is 6.18. The highest BCUT2D eigenvalue weighted by molar-refractivity contribution is 5.70. The van der Waals surface area contributed by atoms with Crippen molar-refractivity contribution in [3.63, 3.8) is 0 Å². The number of carboxylic acid groups (broad SMARTS) is 1. The lowest BCUT2D eigenvalue weighted by Gasteiger charge is -2.39. The minimum atomic E-state index is -0.659. The van der Waals surface area contributed by atoms with Gasteiger partial charge in [0, 0.05) is 0 Å². The van der Waals surface area contributed by atoms with Crippen molar-refractivity contribution < 1.29 is 14.3 Å². The number of aliphatic carboxylic acids is 1. The maximum absolute atomic E-state index is 13.1. The van der Waals surface area contributed by atoms with Crippen LogP contribution in [0.5, 0.6) is 0 Å². The van der Waals surface area contributed by atoms with Gasteiger partial charge < -0.3 is 5.11 Å². The summed E-state index contributed by atoms with van der Waals surface area (Å²) >= 11 is 0. The molecule has 1 N–H and O–H groups in total. The highest BCUT2D eigenvalue weighted by atomic mass is 19.1. The standard InChI is InChI=1S/C23H31FO2/c1-2-3-22(23(25)26)20-10-8-18(9-11-20)16-4-6-17(7-5-16)19-12-14-21(24)15-13-19/h2,12-18,20,22H,1,3-11H2,(H,25,26)/t16-,17-,18?,20?,22?. The average molecular weight is 358 g/mol. The number of halogens is 1. The van der Waals surface area contributed by atoms with Crippen molar-refractivity contribution in [3.05, 3.63) is 48.3 Å². The van der Waals surface area contributed by atoms with Crippen LogP contribution in [0, 0.1) is 29.5 Å². The lowest BCUT2D eigenvalue weighted by atomic mass is 9.66. The maximum atomic E-state index is 13.1. The molecule has 1 aromatic carbocycles. The fourth-order valence-electron chi connectivity index (χ4n) is 5.35. The molecule has 2 nitrogen and oxygen atoms in total. The molecule has 1 atom stereocenters. The van der Waals surface area contributed by atoms with Gasteiger partial charge in [-0.2, -0.15) is 0 Å². The van der Waals surface area contributed by atoms with E-state index in [9.17, 15) is 14.3 Å². The van der Waals surface area contributed by atoms with Gasteiger partial charge in [0.05, 0.1) is 5.92 Å². The van der Waals surface area contributed by atoms with Crippen molar-refractivity contribution in [2.45, 2.75) is 63.7 Å². The number of allylic oxidation sites excluding steroid dienone is 1. The van der Waals surface area contributed by atoms with Gasteiger partial charge in [0.1, 0.15) is 5.82 Å². The van der Waals surface area contributed by atoms with E-state index in [2.05, 4.69) is 6.58 Å². The Morgan fingerprint density at radius 3 is 2.08 bits per heavy atom. The van der Waals surface area contributed by atoms with Crippen molar-refractivity contribution in [2.75, 3.05) is 0 Å². The Kier molecular flexibility index (Phi) is 6.50. The fraction of sp³-hybridized carbons (Fsp3) is 0.609. The van der Waals surface area contributed by atoms with E-state index in [4.69, 9.17) is 0 Å². The van der Waals surface area contributed by atoms with Gasteiger partial charge in [-0.3, -0.25) is 4.79 Å². The van der Waals surface area contributed by atoms with Crippen LogP contribution in [0.4, 0.5) is 4.39 Å². The van der Waals surface area contributed by atoms with Crippen molar-refractivity contribution in [2.24, 2.45) is 23.7 Å². The Hall–Kier alpha value is -1.64. The smallest absolute Gasteiger partial charge is 0.307 e. The summed E-state index contributed by atoms with van der Waals surface area (Å²) in [5.41, 5.74) is 1.28. The number of carbonyl (C=O) groups is 1. The summed E-state index contributed by atoms with van der Waals surface area (Å²) in [5, 5.41) is 9.45. The fourth-order valence-corrected chi connectivity index (χ4v) is 5.35. The number of carboxylic acids is 1. The maximum Gasteiger partial charge on any atom is 0.307 e. The lowest BCUT2D eigenvalue weighted by molar-refractivity contribution is -0.144. The quantitative estimate of drug-likeness (QED) is 0.616. The summed E-state index contributed by atoms with van der Waals surface area (Å²) in [6.45, 7) is 3.72. The third kappa shape index (κ3) is 4.55. The van der Waals surface area contributed by atoms with E-state index in [1.54, 1.807) is 18.2 Å². The SMILES string of the molecule is C=CCC(C(=O)O)C1CCC([C@H]2CC[C@H](c3ccc(F)cc3)CC2)CC1. The molecule has 0 radical (unpaired) electrons. The summed E-state index contributed by atoms with van der Waals surface area (Å²) in [6.07, 6.45) is 11.7. The van der Waals surface area contributed by atoms with Crippen molar-refractivity contribution >= 4 is 5.97 Å². The zero-order valence-electron chi connectivity index (χ0n) is 15.6. The van der Waals surface area contributed by atoms with Crippen LogP contribution in [0.15, 0.2) is 36.9 Å². The molecule has 2 aliphatic rings. The number of hydrogen-bond acceptors (Lipinski definition) is 1. The third-order valence-electron chi connectivity index (χ3n) is 6.90. The molecule has 0 bridgehead atoms. The zero-order chi connectivity index (χ0) is 18.5. The molecule has 2 saturated carbocycles. The van der Waals surface area contributed by atoms with Crippen LogP contribution in [0.1, 0.15) is 69.3 Å². The van der Waals surface area contributed by atoms with Crippen LogP contribution < -0.4 is 0 Å². The van der Waals surface area contributed by atoms with Crippen molar-refractivity contribution in [1.82, 2.24) is 0 Å². The summed E-state index contributed by atoms with van der Waals surface area (Å²) in [7, 11) is 0. The largest absolute Gasteiger partial charge is 0.481 e. The molecule has 1 aromatic rings. The molecular formula is C23H31FO2. The first kappa shape index (κ1) is 19.1. The van der Waals surface area contributed by atoms with Crippen LogP contribution in [0.25, 0.3) is 0 Å². The van der Waals surface area contributed by atoms with Gasteiger partial charge in [-0.15, -0.1) is 6.58 Å². The molecule has 1 unspecified atom stereocenters. The van der Waals surface area contributed by atoms with Gasteiger partial charge in [0.25, 0.3) is 0 Å². The second kappa shape index (κ2) is 8.83. The van der Waals surface area contributed by atoms with Gasteiger partial charge in [0.15, 0.2) is 0 Å². The second-order valence-corrected chi connectivity index (χ2v) is 8.31. The minimum absolute atomic E-state index is 0.157. The molecule has 2 aliphatic carbocycles. The second-order valence-electron chi connectivity index (χ2n) is 8.31. The minimum Gasteiger partial charge on any atom is -0.481 e. The van der Waals surface area contributed by atoms with Gasteiger partial charge in [-0.05, 0) is 99.2 Å². The average Bonchev–Trinajstić information content (AvgIpc) is 2.67. The highest BCUT2D eigenvalue weighted by Gasteiger charge is 2.35. The normalized spacial score (nSPS) is 30.5. The van der Waals surface area contributed by atoms with Crippen LogP contribution in [-0.4, -0.2) is 11.1 Å².